The molecule has 0 aliphatic rings. The zero-order chi connectivity index (χ0) is 13.0. The van der Waals surface area contributed by atoms with Gasteiger partial charge >= 0.3 is 0 Å². The Kier molecular flexibility index (Phi) is 3.95. The lowest BCUT2D eigenvalue weighted by atomic mass is 10.3. The molecule has 2 aromatic rings. The van der Waals surface area contributed by atoms with Crippen LogP contribution in [0.4, 0.5) is 11.4 Å². The molecule has 92 valence electrons. The molecule has 0 bridgehead atoms. The quantitative estimate of drug-likeness (QED) is 0.637. The first kappa shape index (κ1) is 12.6. The monoisotopic (exact) mass is 256 g/mol. The van der Waals surface area contributed by atoms with Crippen LogP contribution in [0, 0.1) is 0 Å². The standard InChI is InChI=1S/C15H16N2S/c1-11(2)9-14-7-8-15(18-14)10-17-13-5-3-12(16)4-6-13/h3-10H,16H2,1-2H3. The van der Waals surface area contributed by atoms with Gasteiger partial charge in [0.1, 0.15) is 0 Å². The minimum absolute atomic E-state index is 0.760. The maximum atomic E-state index is 5.63. The van der Waals surface area contributed by atoms with Gasteiger partial charge in [-0.2, -0.15) is 0 Å². The number of aliphatic imine (C=N–C) groups is 1. The van der Waals surface area contributed by atoms with Crippen LogP contribution in [0.1, 0.15) is 23.6 Å². The van der Waals surface area contributed by atoms with Gasteiger partial charge in [0.15, 0.2) is 0 Å². The van der Waals surface area contributed by atoms with Gasteiger partial charge in [0.05, 0.1) is 5.69 Å². The van der Waals surface area contributed by atoms with Crippen molar-refractivity contribution in [1.82, 2.24) is 0 Å². The summed E-state index contributed by atoms with van der Waals surface area (Å²) in [5.74, 6) is 0. The van der Waals surface area contributed by atoms with Crippen molar-refractivity contribution in [2.75, 3.05) is 5.73 Å². The molecule has 0 spiro atoms. The predicted octanol–water partition coefficient (Wildman–Crippen LogP) is 4.50. The number of hydrogen-bond acceptors (Lipinski definition) is 3. The first-order chi connectivity index (χ1) is 8.63. The molecular weight excluding hydrogens is 240 g/mol. The molecule has 0 fully saturated rings. The molecular formula is C15H16N2S. The van der Waals surface area contributed by atoms with E-state index in [9.17, 15) is 0 Å². The maximum Gasteiger partial charge on any atom is 0.0631 e. The van der Waals surface area contributed by atoms with E-state index < -0.39 is 0 Å². The topological polar surface area (TPSA) is 38.4 Å². The molecule has 0 saturated carbocycles. The summed E-state index contributed by atoms with van der Waals surface area (Å²) in [5, 5.41) is 0. The van der Waals surface area contributed by atoms with Crippen LogP contribution in [0.15, 0.2) is 47.0 Å². The van der Waals surface area contributed by atoms with Crippen molar-refractivity contribution < 1.29 is 0 Å². The van der Waals surface area contributed by atoms with E-state index in [2.05, 4.69) is 37.0 Å². The third kappa shape index (κ3) is 3.57. The molecule has 0 saturated heterocycles. The van der Waals surface area contributed by atoms with Crippen molar-refractivity contribution in [3.8, 4) is 0 Å². The summed E-state index contributed by atoms with van der Waals surface area (Å²) in [7, 11) is 0. The van der Waals surface area contributed by atoms with Crippen molar-refractivity contribution in [3.63, 3.8) is 0 Å². The number of nitrogen functional groups attached to an aromatic ring is 1. The SMILES string of the molecule is CC(C)=Cc1ccc(C=Nc2ccc(N)cc2)s1. The van der Waals surface area contributed by atoms with Gasteiger partial charge in [0.25, 0.3) is 0 Å². The van der Waals surface area contributed by atoms with E-state index in [0.29, 0.717) is 0 Å². The summed E-state index contributed by atoms with van der Waals surface area (Å²) in [5.41, 5.74) is 8.61. The van der Waals surface area contributed by atoms with Gasteiger partial charge in [-0.15, -0.1) is 11.3 Å². The number of nitrogens with two attached hydrogens (primary N) is 1. The largest absolute Gasteiger partial charge is 0.399 e. The Labute approximate surface area is 111 Å². The van der Waals surface area contributed by atoms with E-state index in [-0.39, 0.29) is 0 Å². The normalized spacial score (nSPS) is 10.8. The van der Waals surface area contributed by atoms with Gasteiger partial charge in [-0.05, 0) is 56.3 Å². The fraction of sp³-hybridized carbons (Fsp3) is 0.133. The van der Waals surface area contributed by atoms with Gasteiger partial charge in [-0.1, -0.05) is 5.57 Å². The molecule has 3 heteroatoms. The van der Waals surface area contributed by atoms with Crippen LogP contribution in [0.2, 0.25) is 0 Å². The minimum atomic E-state index is 0.760. The molecule has 2 rings (SSSR count). The Morgan fingerprint density at radius 1 is 1.06 bits per heavy atom. The fourth-order valence-corrected chi connectivity index (χ4v) is 2.44. The summed E-state index contributed by atoms with van der Waals surface area (Å²) in [6.45, 7) is 4.20. The van der Waals surface area contributed by atoms with Crippen LogP contribution in [0.5, 0.6) is 0 Å². The second-order valence-electron chi connectivity index (χ2n) is 4.31. The van der Waals surface area contributed by atoms with E-state index in [1.54, 1.807) is 11.3 Å². The van der Waals surface area contributed by atoms with E-state index in [1.165, 1.54) is 10.5 Å². The summed E-state index contributed by atoms with van der Waals surface area (Å²) in [4.78, 5) is 6.83. The zero-order valence-corrected chi connectivity index (χ0v) is 11.4. The van der Waals surface area contributed by atoms with Crippen molar-refractivity contribution in [2.24, 2.45) is 4.99 Å². The molecule has 1 aromatic carbocycles. The average Bonchev–Trinajstić information content (AvgIpc) is 2.75. The number of rotatable bonds is 3. The van der Waals surface area contributed by atoms with Crippen molar-refractivity contribution in [2.45, 2.75) is 13.8 Å². The average molecular weight is 256 g/mol. The number of allylic oxidation sites excluding steroid dienone is 1. The Morgan fingerprint density at radius 2 is 1.72 bits per heavy atom. The molecule has 0 radical (unpaired) electrons. The lowest BCUT2D eigenvalue weighted by molar-refractivity contribution is 1.43. The second kappa shape index (κ2) is 5.65. The van der Waals surface area contributed by atoms with Crippen LogP contribution in [-0.4, -0.2) is 6.21 Å². The molecule has 0 aliphatic carbocycles. The van der Waals surface area contributed by atoms with Crippen molar-refractivity contribution in [3.05, 3.63) is 51.7 Å². The number of nitrogens with zero attached hydrogens (tertiary/aromatic N) is 1. The van der Waals surface area contributed by atoms with Gasteiger partial charge in [-0.3, -0.25) is 4.99 Å². The van der Waals surface area contributed by atoms with Crippen molar-refractivity contribution >= 4 is 35.0 Å². The van der Waals surface area contributed by atoms with Gasteiger partial charge in [-0.25, -0.2) is 0 Å². The number of thiophene rings is 1. The predicted molar refractivity (Wildman–Crippen MR) is 81.8 cm³/mol. The highest BCUT2D eigenvalue weighted by Crippen LogP contribution is 2.19. The minimum Gasteiger partial charge on any atom is -0.399 e. The number of hydrogen-bond donors (Lipinski definition) is 1. The zero-order valence-electron chi connectivity index (χ0n) is 10.6. The lowest BCUT2D eigenvalue weighted by Crippen LogP contribution is -1.81. The van der Waals surface area contributed by atoms with Crippen LogP contribution in [0.3, 0.4) is 0 Å². The second-order valence-corrected chi connectivity index (χ2v) is 5.46. The summed E-state index contributed by atoms with van der Waals surface area (Å²) < 4.78 is 0. The Hall–Kier alpha value is -1.87. The van der Waals surface area contributed by atoms with Crippen LogP contribution in [0.25, 0.3) is 6.08 Å². The van der Waals surface area contributed by atoms with E-state index in [4.69, 9.17) is 5.73 Å². The number of benzene rings is 1. The number of anilines is 1. The smallest absolute Gasteiger partial charge is 0.0631 e. The highest BCUT2D eigenvalue weighted by atomic mass is 32.1. The van der Waals surface area contributed by atoms with Crippen molar-refractivity contribution in [1.29, 1.82) is 0 Å². The molecule has 0 atom stereocenters. The molecule has 1 heterocycles. The molecule has 2 nitrogen and oxygen atoms in total. The first-order valence-electron chi connectivity index (χ1n) is 5.78. The Morgan fingerprint density at radius 3 is 2.39 bits per heavy atom. The molecule has 0 unspecified atom stereocenters. The summed E-state index contributed by atoms with van der Waals surface area (Å²) in [6, 6.07) is 11.7. The summed E-state index contributed by atoms with van der Waals surface area (Å²) >= 11 is 1.73. The van der Waals surface area contributed by atoms with E-state index in [1.807, 2.05) is 30.5 Å². The molecule has 1 aromatic heterocycles. The maximum absolute atomic E-state index is 5.63. The lowest BCUT2D eigenvalue weighted by Gasteiger charge is -1.93. The van der Waals surface area contributed by atoms with E-state index in [0.717, 1.165) is 16.3 Å². The molecule has 0 amide bonds. The molecule has 0 aliphatic heterocycles. The van der Waals surface area contributed by atoms with E-state index >= 15 is 0 Å². The fourth-order valence-electron chi connectivity index (χ4n) is 1.50. The molecule has 2 N–H and O–H groups in total. The highest BCUT2D eigenvalue weighted by Gasteiger charge is 1.95. The van der Waals surface area contributed by atoms with Gasteiger partial charge in [0, 0.05) is 21.7 Å². The van der Waals surface area contributed by atoms with Gasteiger partial charge in [0.2, 0.25) is 0 Å². The van der Waals surface area contributed by atoms with Gasteiger partial charge < -0.3 is 5.73 Å². The van der Waals surface area contributed by atoms with Crippen LogP contribution >= 0.6 is 11.3 Å². The highest BCUT2D eigenvalue weighted by molar-refractivity contribution is 7.14. The summed E-state index contributed by atoms with van der Waals surface area (Å²) in [6.07, 6.45) is 4.06. The van der Waals surface area contributed by atoms with Crippen LogP contribution < -0.4 is 5.73 Å². The first-order valence-corrected chi connectivity index (χ1v) is 6.59. The Balaban J connectivity index is 2.11. The molecule has 18 heavy (non-hydrogen) atoms. The van der Waals surface area contributed by atoms with Crippen LogP contribution in [-0.2, 0) is 0 Å². The third-order valence-corrected chi connectivity index (χ3v) is 3.28. The Bertz CT molecular complexity index is 573. The third-order valence-electron chi connectivity index (χ3n) is 2.31.